The average Bonchev–Trinajstić information content (AvgIpc) is 3.93. The van der Waals surface area contributed by atoms with Gasteiger partial charge in [-0.3, -0.25) is 34.3 Å². The first-order chi connectivity index (χ1) is 32.5. The zero-order valence-electron chi connectivity index (χ0n) is 37.7. The third-order valence-corrected chi connectivity index (χ3v) is 15.1. The summed E-state index contributed by atoms with van der Waals surface area (Å²) in [6.45, 7) is 13.6. The topological polar surface area (TPSA) is 177 Å². The van der Waals surface area contributed by atoms with Crippen LogP contribution in [0, 0.1) is 5.82 Å². The number of pyridine rings is 1. The van der Waals surface area contributed by atoms with E-state index in [9.17, 15) is 24.3 Å². The van der Waals surface area contributed by atoms with Gasteiger partial charge in [0.1, 0.15) is 22.8 Å². The van der Waals surface area contributed by atoms with Crippen molar-refractivity contribution in [2.24, 2.45) is 0 Å². The maximum atomic E-state index is 15.4. The molecule has 5 aliphatic heterocycles. The smallest absolute Gasteiger partial charge is 0.278 e. The van der Waals surface area contributed by atoms with E-state index in [1.807, 2.05) is 36.1 Å². The number of hydrogen-bond acceptors (Lipinski definition) is 13. The molecule has 3 N–H and O–H groups in total. The Balaban J connectivity index is 0.672. The Morgan fingerprint density at radius 3 is 2.39 bits per heavy atom. The van der Waals surface area contributed by atoms with E-state index >= 15 is 4.39 Å². The summed E-state index contributed by atoms with van der Waals surface area (Å²) in [6.07, 6.45) is 7.77. The first kappa shape index (κ1) is 43.1. The van der Waals surface area contributed by atoms with Crippen molar-refractivity contribution in [3.8, 4) is 5.82 Å². The summed E-state index contributed by atoms with van der Waals surface area (Å²) >= 11 is 0. The van der Waals surface area contributed by atoms with Crippen LogP contribution in [0.15, 0.2) is 72.2 Å². The van der Waals surface area contributed by atoms with Crippen molar-refractivity contribution in [3.63, 3.8) is 0 Å². The molecule has 2 atom stereocenters. The van der Waals surface area contributed by atoms with Gasteiger partial charge < -0.3 is 25.1 Å². The molecule has 348 valence electrons. The maximum absolute atomic E-state index is 15.4. The Morgan fingerprint density at radius 2 is 1.66 bits per heavy atom. The second-order valence-corrected chi connectivity index (χ2v) is 18.9. The van der Waals surface area contributed by atoms with E-state index in [1.54, 1.807) is 27.7 Å². The average molecular weight is 911 g/mol. The molecule has 4 saturated heterocycles. The monoisotopic (exact) mass is 910 g/mol. The minimum Gasteiger partial charge on any atom is -0.384 e. The van der Waals surface area contributed by atoms with Crippen molar-refractivity contribution in [1.29, 1.82) is 0 Å². The number of allylic oxidation sites excluding steroid dienone is 1. The Hall–Kier alpha value is -6.50. The van der Waals surface area contributed by atoms with Crippen molar-refractivity contribution in [3.05, 3.63) is 106 Å². The molecule has 0 spiro atoms. The Bertz CT molecular complexity index is 2860. The number of anilines is 4. The van der Waals surface area contributed by atoms with Crippen LogP contribution in [0.3, 0.4) is 0 Å². The number of aryl methyl sites for hydroxylation is 1. The fourth-order valence-corrected chi connectivity index (χ4v) is 11.2. The summed E-state index contributed by atoms with van der Waals surface area (Å²) in [4.78, 5) is 76.2. The standard InChI is InChI=1S/C49H55FN12O5/c1-3-17-61-47(66)37-26-51-48(55-44(37)62(61)41-11-5-30-13-16-49(67,4-2)43(30)53-41)52-32-6-8-33(9-7-32)57-20-22-58(23-21-57)34-14-18-56(19-15-34)35-28-59(29-35)40-24-31-27-60(46(65)36(31)25-38(40)50)39-10-12-42(63)54-45(39)64/h3,5-9,11,24-26,34-35,39,67H,1,4,10,12-23,27-29H2,2H3,(H,51,52,55)(H,54,63,64)/t39?,49-/m1/s1. The molecule has 17 nitrogen and oxygen atoms in total. The Labute approximate surface area is 386 Å². The number of aromatic nitrogens is 5. The lowest BCUT2D eigenvalue weighted by atomic mass is 9.97. The van der Waals surface area contributed by atoms with Crippen molar-refractivity contribution in [1.82, 2.24) is 44.3 Å². The Kier molecular flexibility index (Phi) is 10.9. The van der Waals surface area contributed by atoms with Gasteiger partial charge in [-0.15, -0.1) is 6.58 Å². The van der Waals surface area contributed by atoms with E-state index in [-0.39, 0.29) is 43.3 Å². The molecule has 11 rings (SSSR count). The second kappa shape index (κ2) is 17.0. The normalized spacial score (nSPS) is 22.9. The molecule has 4 fully saturated rings. The predicted octanol–water partition coefficient (Wildman–Crippen LogP) is 3.83. The first-order valence-electron chi connectivity index (χ1n) is 23.6. The minimum atomic E-state index is -1.00. The van der Waals surface area contributed by atoms with Crippen LogP contribution in [0.4, 0.5) is 27.4 Å². The van der Waals surface area contributed by atoms with Crippen LogP contribution >= 0.6 is 0 Å². The van der Waals surface area contributed by atoms with Gasteiger partial charge in [0.25, 0.3) is 11.5 Å². The van der Waals surface area contributed by atoms with Crippen LogP contribution in [0.1, 0.15) is 72.6 Å². The summed E-state index contributed by atoms with van der Waals surface area (Å²) < 4.78 is 18.7. The highest BCUT2D eigenvalue weighted by Gasteiger charge is 2.42. The zero-order valence-corrected chi connectivity index (χ0v) is 37.7. The summed E-state index contributed by atoms with van der Waals surface area (Å²) in [5, 5.41) is 17.3. The van der Waals surface area contributed by atoms with Gasteiger partial charge in [-0.25, -0.2) is 23.7 Å². The molecule has 1 unspecified atom stereocenters. The van der Waals surface area contributed by atoms with Gasteiger partial charge in [-0.2, -0.15) is 4.98 Å². The highest BCUT2D eigenvalue weighted by atomic mass is 19.1. The highest BCUT2D eigenvalue weighted by Crippen LogP contribution is 2.39. The second-order valence-electron chi connectivity index (χ2n) is 18.9. The SMILES string of the molecule is C=CCn1c(=O)c2cnc(Nc3ccc(N4CCN(C5CCN(C6CN(c7cc8c(cc7F)C(=O)N(C7CCC(=O)NC7=O)C8)C6)CC5)CC4)cc3)nc2n1-c1ccc2c(n1)[C@@](O)(CC)CC2. The number of hydrogen-bond donors (Lipinski definition) is 3. The van der Waals surface area contributed by atoms with E-state index < -0.39 is 23.4 Å². The van der Waals surface area contributed by atoms with Crippen LogP contribution in [0.5, 0.6) is 0 Å². The van der Waals surface area contributed by atoms with E-state index in [0.717, 1.165) is 88.6 Å². The number of fused-ring (bicyclic) bond motifs is 3. The van der Waals surface area contributed by atoms with E-state index in [2.05, 4.69) is 49.0 Å². The number of piperidine rings is 2. The fraction of sp³-hybridized carbons (Fsp3) is 0.449. The van der Waals surface area contributed by atoms with Gasteiger partial charge in [-0.1, -0.05) is 19.1 Å². The van der Waals surface area contributed by atoms with Crippen molar-refractivity contribution >= 4 is 51.8 Å². The lowest BCUT2D eigenvalue weighted by Gasteiger charge is -2.50. The van der Waals surface area contributed by atoms with Crippen LogP contribution < -0.4 is 26.0 Å². The molecule has 3 amide bonds. The van der Waals surface area contributed by atoms with Gasteiger partial charge in [0, 0.05) is 101 Å². The van der Waals surface area contributed by atoms with E-state index in [1.165, 1.54) is 11.0 Å². The van der Waals surface area contributed by atoms with E-state index in [4.69, 9.17) is 9.97 Å². The number of halogens is 1. The van der Waals surface area contributed by atoms with Gasteiger partial charge >= 0.3 is 0 Å². The van der Waals surface area contributed by atoms with Gasteiger partial charge in [-0.05, 0) is 92.1 Å². The third-order valence-electron chi connectivity index (χ3n) is 15.1. The van der Waals surface area contributed by atoms with Gasteiger partial charge in [0.05, 0.1) is 17.9 Å². The lowest BCUT2D eigenvalue weighted by molar-refractivity contribution is -0.136. The van der Waals surface area contributed by atoms with Gasteiger partial charge in [0.15, 0.2) is 11.5 Å². The molecule has 18 heteroatoms. The number of amides is 3. The largest absolute Gasteiger partial charge is 0.384 e. The van der Waals surface area contributed by atoms with Crippen LogP contribution in [-0.4, -0.2) is 132 Å². The number of nitrogens with one attached hydrogen (secondary N) is 2. The van der Waals surface area contributed by atoms with Gasteiger partial charge in [0.2, 0.25) is 17.8 Å². The summed E-state index contributed by atoms with van der Waals surface area (Å²) in [5.41, 5.74) is 4.30. The molecule has 0 radical (unpaired) electrons. The number of nitrogens with zero attached hydrogens (tertiary/aromatic N) is 10. The zero-order chi connectivity index (χ0) is 46.1. The van der Waals surface area contributed by atoms with Crippen molar-refractivity contribution in [2.45, 2.75) is 88.7 Å². The van der Waals surface area contributed by atoms with Crippen LogP contribution in [0.25, 0.3) is 16.9 Å². The van der Waals surface area contributed by atoms with E-state index in [0.29, 0.717) is 70.2 Å². The number of benzene rings is 2. The molecule has 0 bridgehead atoms. The summed E-state index contributed by atoms with van der Waals surface area (Å²) in [6, 6.07) is 15.4. The maximum Gasteiger partial charge on any atom is 0.278 e. The lowest BCUT2D eigenvalue weighted by Crippen LogP contribution is -2.62. The number of likely N-dealkylation sites (tertiary alicyclic amines) is 1. The van der Waals surface area contributed by atoms with Crippen LogP contribution in [0.2, 0.25) is 0 Å². The summed E-state index contributed by atoms with van der Waals surface area (Å²) in [5.74, 6) is -0.753. The van der Waals surface area contributed by atoms with Crippen molar-refractivity contribution < 1.29 is 23.9 Å². The molecule has 0 saturated carbocycles. The Morgan fingerprint density at radius 1 is 0.896 bits per heavy atom. The van der Waals surface area contributed by atoms with Crippen LogP contribution in [-0.2, 0) is 34.7 Å². The molecule has 67 heavy (non-hydrogen) atoms. The first-order valence-corrected chi connectivity index (χ1v) is 23.6. The molecular formula is C49H55FN12O5. The highest BCUT2D eigenvalue weighted by molar-refractivity contribution is 6.05. The number of aliphatic hydroxyl groups is 1. The molecular weight excluding hydrogens is 856 g/mol. The van der Waals surface area contributed by atoms with Crippen molar-refractivity contribution in [2.75, 3.05) is 67.5 Å². The number of imide groups is 1. The number of carbonyl (C=O) groups excluding carboxylic acids is 3. The number of carbonyl (C=O) groups is 3. The molecule has 5 aromatic rings. The number of piperazine rings is 1. The number of rotatable bonds is 11. The molecule has 8 heterocycles. The minimum absolute atomic E-state index is 0.178. The predicted molar refractivity (Wildman–Crippen MR) is 250 cm³/mol. The summed E-state index contributed by atoms with van der Waals surface area (Å²) in [7, 11) is 0. The molecule has 6 aliphatic rings. The quantitative estimate of drug-likeness (QED) is 0.129. The molecule has 1 aliphatic carbocycles. The third kappa shape index (κ3) is 7.64. The fourth-order valence-electron chi connectivity index (χ4n) is 11.2. The molecule has 3 aromatic heterocycles. The molecule has 2 aromatic carbocycles.